The highest BCUT2D eigenvalue weighted by Gasteiger charge is 2.19. The zero-order valence-corrected chi connectivity index (χ0v) is 11.4. The maximum absolute atomic E-state index is 12.0. The summed E-state index contributed by atoms with van der Waals surface area (Å²) >= 11 is 0. The van der Waals surface area contributed by atoms with Gasteiger partial charge in [0, 0.05) is 13.5 Å². The number of amides is 2. The Morgan fingerprint density at radius 3 is 2.65 bits per heavy atom. The fourth-order valence-corrected chi connectivity index (χ4v) is 1.57. The van der Waals surface area contributed by atoms with E-state index in [4.69, 9.17) is 11.2 Å². The first-order valence-corrected chi connectivity index (χ1v) is 6.23. The minimum atomic E-state index is -0.746. The van der Waals surface area contributed by atoms with Crippen LogP contribution in [0.1, 0.15) is 12.5 Å². The van der Waals surface area contributed by atoms with Gasteiger partial charge in [-0.3, -0.25) is 9.59 Å². The van der Waals surface area contributed by atoms with Crippen molar-refractivity contribution < 1.29 is 14.3 Å². The van der Waals surface area contributed by atoms with Gasteiger partial charge in [0.15, 0.2) is 0 Å². The van der Waals surface area contributed by atoms with E-state index in [1.807, 2.05) is 30.3 Å². The van der Waals surface area contributed by atoms with E-state index in [9.17, 15) is 9.59 Å². The molecule has 5 heteroatoms. The summed E-state index contributed by atoms with van der Waals surface area (Å²) in [7, 11) is 0. The van der Waals surface area contributed by atoms with Gasteiger partial charge in [0.1, 0.15) is 12.6 Å². The molecule has 0 radical (unpaired) electrons. The Morgan fingerprint density at radius 1 is 1.35 bits per heavy atom. The lowest BCUT2D eigenvalue weighted by Crippen LogP contribution is -2.48. The average molecular weight is 274 g/mol. The Morgan fingerprint density at radius 2 is 2.05 bits per heavy atom. The van der Waals surface area contributed by atoms with E-state index >= 15 is 0 Å². The zero-order valence-electron chi connectivity index (χ0n) is 11.4. The van der Waals surface area contributed by atoms with Crippen LogP contribution in [0, 0.1) is 12.3 Å². The Bertz CT molecular complexity index is 480. The number of ether oxygens (including phenoxy) is 1. The molecular formula is C15H18N2O3. The first kappa shape index (κ1) is 15.7. The van der Waals surface area contributed by atoms with Crippen molar-refractivity contribution in [2.75, 3.05) is 13.2 Å². The molecule has 0 aliphatic rings. The molecule has 0 heterocycles. The summed E-state index contributed by atoms with van der Waals surface area (Å²) in [5.41, 5.74) is 0.979. The third-order valence-corrected chi connectivity index (χ3v) is 2.47. The summed E-state index contributed by atoms with van der Waals surface area (Å²) in [6.07, 6.45) is 5.06. The SMILES string of the molecule is C#CCOCC(NC(C)=O)C(=O)NCc1ccccc1. The summed E-state index contributed by atoms with van der Waals surface area (Å²) in [5, 5.41) is 5.28. The molecule has 0 aromatic heterocycles. The van der Waals surface area contributed by atoms with Crippen LogP contribution in [-0.4, -0.2) is 31.1 Å². The Balaban J connectivity index is 2.49. The van der Waals surface area contributed by atoms with Crippen molar-refractivity contribution in [1.29, 1.82) is 0 Å². The molecule has 1 aromatic carbocycles. The second kappa shape index (κ2) is 8.73. The smallest absolute Gasteiger partial charge is 0.245 e. The Kier molecular flexibility index (Phi) is 6.87. The number of hydrogen-bond donors (Lipinski definition) is 2. The lowest BCUT2D eigenvalue weighted by atomic mass is 10.2. The van der Waals surface area contributed by atoms with Gasteiger partial charge in [-0.25, -0.2) is 0 Å². The Hall–Kier alpha value is -2.32. The number of rotatable bonds is 7. The van der Waals surface area contributed by atoms with E-state index in [1.54, 1.807) is 0 Å². The van der Waals surface area contributed by atoms with Crippen LogP contribution in [0.2, 0.25) is 0 Å². The lowest BCUT2D eigenvalue weighted by molar-refractivity contribution is -0.129. The molecule has 20 heavy (non-hydrogen) atoms. The van der Waals surface area contributed by atoms with Crippen LogP contribution >= 0.6 is 0 Å². The van der Waals surface area contributed by atoms with Gasteiger partial charge in [-0.1, -0.05) is 36.3 Å². The van der Waals surface area contributed by atoms with Gasteiger partial charge in [-0.15, -0.1) is 6.42 Å². The van der Waals surface area contributed by atoms with E-state index in [2.05, 4.69) is 16.6 Å². The van der Waals surface area contributed by atoms with E-state index in [0.717, 1.165) is 5.56 Å². The zero-order chi connectivity index (χ0) is 14.8. The molecule has 2 amide bonds. The van der Waals surface area contributed by atoms with Gasteiger partial charge < -0.3 is 15.4 Å². The van der Waals surface area contributed by atoms with Gasteiger partial charge in [0.25, 0.3) is 0 Å². The second-order valence-electron chi connectivity index (χ2n) is 4.18. The fraction of sp³-hybridized carbons (Fsp3) is 0.333. The standard InChI is InChI=1S/C15H18N2O3/c1-3-9-20-11-14(17-12(2)18)15(19)16-10-13-7-5-4-6-8-13/h1,4-8,14H,9-11H2,2H3,(H,16,19)(H,17,18). The van der Waals surface area contributed by atoms with Crippen molar-refractivity contribution in [1.82, 2.24) is 10.6 Å². The second-order valence-corrected chi connectivity index (χ2v) is 4.18. The fourth-order valence-electron chi connectivity index (χ4n) is 1.57. The van der Waals surface area contributed by atoms with Crippen molar-refractivity contribution in [3.63, 3.8) is 0 Å². The molecule has 0 aliphatic heterocycles. The molecule has 106 valence electrons. The predicted octanol–water partition coefficient (Wildman–Crippen LogP) is 0.457. The highest BCUT2D eigenvalue weighted by Crippen LogP contribution is 1.98. The highest BCUT2D eigenvalue weighted by atomic mass is 16.5. The van der Waals surface area contributed by atoms with Gasteiger partial charge in [0.05, 0.1) is 6.61 Å². The van der Waals surface area contributed by atoms with E-state index in [1.165, 1.54) is 6.92 Å². The van der Waals surface area contributed by atoms with Crippen molar-refractivity contribution in [3.05, 3.63) is 35.9 Å². The van der Waals surface area contributed by atoms with Gasteiger partial charge in [-0.2, -0.15) is 0 Å². The number of carbonyl (C=O) groups is 2. The topological polar surface area (TPSA) is 67.4 Å². The van der Waals surface area contributed by atoms with Crippen molar-refractivity contribution in [2.24, 2.45) is 0 Å². The molecule has 1 unspecified atom stereocenters. The highest BCUT2D eigenvalue weighted by molar-refractivity contribution is 5.86. The monoisotopic (exact) mass is 274 g/mol. The third-order valence-electron chi connectivity index (χ3n) is 2.47. The van der Waals surface area contributed by atoms with Crippen LogP contribution in [0.5, 0.6) is 0 Å². The lowest BCUT2D eigenvalue weighted by Gasteiger charge is -2.17. The van der Waals surface area contributed by atoms with Crippen LogP contribution in [0.15, 0.2) is 30.3 Å². The minimum Gasteiger partial charge on any atom is -0.366 e. The van der Waals surface area contributed by atoms with Crippen LogP contribution in [0.25, 0.3) is 0 Å². The summed E-state index contributed by atoms with van der Waals surface area (Å²) in [4.78, 5) is 23.1. The molecule has 0 fully saturated rings. The molecule has 0 spiro atoms. The van der Waals surface area contributed by atoms with Gasteiger partial charge in [-0.05, 0) is 5.56 Å². The summed E-state index contributed by atoms with van der Waals surface area (Å²) in [6, 6.07) is 8.75. The normalized spacial score (nSPS) is 11.2. The molecule has 0 aliphatic carbocycles. The number of terminal acetylenes is 1. The van der Waals surface area contributed by atoms with Gasteiger partial charge in [0.2, 0.25) is 11.8 Å². The third kappa shape index (κ3) is 6.03. The number of nitrogens with one attached hydrogen (secondary N) is 2. The average Bonchev–Trinajstić information content (AvgIpc) is 2.44. The maximum Gasteiger partial charge on any atom is 0.245 e. The largest absolute Gasteiger partial charge is 0.366 e. The van der Waals surface area contributed by atoms with Crippen LogP contribution < -0.4 is 10.6 Å². The molecular weight excluding hydrogens is 256 g/mol. The molecule has 1 atom stereocenters. The first-order valence-electron chi connectivity index (χ1n) is 6.23. The molecule has 2 N–H and O–H groups in total. The van der Waals surface area contributed by atoms with Crippen molar-refractivity contribution in [2.45, 2.75) is 19.5 Å². The molecule has 0 saturated heterocycles. The van der Waals surface area contributed by atoms with E-state index < -0.39 is 6.04 Å². The molecule has 5 nitrogen and oxygen atoms in total. The summed E-state index contributed by atoms with van der Waals surface area (Å²) in [6.45, 7) is 1.88. The number of carbonyl (C=O) groups excluding carboxylic acids is 2. The van der Waals surface area contributed by atoms with Crippen LogP contribution in [0.3, 0.4) is 0 Å². The van der Waals surface area contributed by atoms with Crippen molar-refractivity contribution in [3.8, 4) is 12.3 Å². The van der Waals surface area contributed by atoms with Crippen molar-refractivity contribution >= 4 is 11.8 Å². The first-order chi connectivity index (χ1) is 9.63. The predicted molar refractivity (Wildman–Crippen MR) is 75.5 cm³/mol. The van der Waals surface area contributed by atoms with Crippen LogP contribution in [0.4, 0.5) is 0 Å². The minimum absolute atomic E-state index is 0.0460. The van der Waals surface area contributed by atoms with Gasteiger partial charge >= 0.3 is 0 Å². The number of benzene rings is 1. The molecule has 0 bridgehead atoms. The maximum atomic E-state index is 12.0. The Labute approximate surface area is 118 Å². The molecule has 0 saturated carbocycles. The number of hydrogen-bond acceptors (Lipinski definition) is 3. The van der Waals surface area contributed by atoms with Crippen LogP contribution in [-0.2, 0) is 20.9 Å². The van der Waals surface area contributed by atoms with E-state index in [-0.39, 0.29) is 25.0 Å². The summed E-state index contributed by atoms with van der Waals surface area (Å²) < 4.78 is 5.11. The van der Waals surface area contributed by atoms with E-state index in [0.29, 0.717) is 6.54 Å². The quantitative estimate of drug-likeness (QED) is 0.560. The molecule has 1 rings (SSSR count). The summed E-state index contributed by atoms with van der Waals surface area (Å²) in [5.74, 6) is 1.70. The molecule has 1 aromatic rings.